The fraction of sp³-hybridized carbons (Fsp3) is 0.333. The number of aromatic nitrogens is 2. The summed E-state index contributed by atoms with van der Waals surface area (Å²) in [6, 6.07) is 9.35. The molecule has 0 bridgehead atoms. The lowest BCUT2D eigenvalue weighted by molar-refractivity contribution is -0.121. The van der Waals surface area contributed by atoms with E-state index in [2.05, 4.69) is 32.0 Å². The topological polar surface area (TPSA) is 128 Å². The highest BCUT2D eigenvalue weighted by Gasteiger charge is 2.60. The van der Waals surface area contributed by atoms with Gasteiger partial charge in [-0.25, -0.2) is 4.79 Å². The van der Waals surface area contributed by atoms with Crippen molar-refractivity contribution in [2.75, 3.05) is 16.8 Å². The Morgan fingerprint density at radius 1 is 1.19 bits per heavy atom. The summed E-state index contributed by atoms with van der Waals surface area (Å²) in [5.74, 6) is -0.578. The van der Waals surface area contributed by atoms with E-state index < -0.39 is 11.1 Å². The molecule has 2 aromatic rings. The molecule has 0 radical (unpaired) electrons. The maximum atomic E-state index is 14.0. The number of fused-ring (bicyclic) bond motifs is 4. The molecular formula is C21H20BrN5O3S. The van der Waals surface area contributed by atoms with Crippen LogP contribution in [-0.4, -0.2) is 27.7 Å². The molecule has 160 valence electrons. The van der Waals surface area contributed by atoms with Crippen LogP contribution in [0.3, 0.4) is 0 Å². The van der Waals surface area contributed by atoms with E-state index >= 15 is 0 Å². The number of anilines is 1. The largest absolute Gasteiger partial charge is 0.424 e. The van der Waals surface area contributed by atoms with Gasteiger partial charge in [-0.05, 0) is 18.9 Å². The zero-order valence-electron chi connectivity index (χ0n) is 16.5. The summed E-state index contributed by atoms with van der Waals surface area (Å²) in [5, 5.41) is 11.0. The summed E-state index contributed by atoms with van der Waals surface area (Å²) in [7, 11) is 0. The number of unbranched alkanes of at least 4 members (excludes halogenated alkanes) is 3. The average Bonchev–Trinajstić information content (AvgIpc) is 2.97. The van der Waals surface area contributed by atoms with Crippen LogP contribution in [0.1, 0.15) is 36.8 Å². The predicted octanol–water partition coefficient (Wildman–Crippen LogP) is 3.11. The summed E-state index contributed by atoms with van der Waals surface area (Å²) in [4.78, 5) is 32.7. The second-order valence-electron chi connectivity index (χ2n) is 7.39. The van der Waals surface area contributed by atoms with Crippen molar-refractivity contribution in [3.05, 3.63) is 62.0 Å². The third-order valence-corrected chi connectivity index (χ3v) is 6.53. The minimum Gasteiger partial charge on any atom is -0.424 e. The number of amides is 1. The number of nitriles is 1. The fourth-order valence-electron chi connectivity index (χ4n) is 4.37. The van der Waals surface area contributed by atoms with Crippen LogP contribution in [0.4, 0.5) is 5.69 Å². The van der Waals surface area contributed by atoms with Gasteiger partial charge >= 0.3 is 5.69 Å². The van der Waals surface area contributed by atoms with Crippen molar-refractivity contribution in [3.8, 4) is 11.9 Å². The normalized spacial score (nSPS) is 19.2. The number of carbonyl (C=O) groups is 1. The average molecular weight is 502 g/mol. The van der Waals surface area contributed by atoms with E-state index in [1.54, 1.807) is 17.0 Å². The van der Waals surface area contributed by atoms with Gasteiger partial charge in [0.1, 0.15) is 21.7 Å². The van der Waals surface area contributed by atoms with Gasteiger partial charge < -0.3 is 15.4 Å². The first-order valence-electron chi connectivity index (χ1n) is 9.89. The van der Waals surface area contributed by atoms with E-state index in [9.17, 15) is 14.9 Å². The highest BCUT2D eigenvalue weighted by atomic mass is 79.9. The Morgan fingerprint density at radius 2 is 1.94 bits per heavy atom. The Morgan fingerprint density at radius 3 is 2.68 bits per heavy atom. The van der Waals surface area contributed by atoms with Gasteiger partial charge in [0.15, 0.2) is 0 Å². The number of nitrogens with zero attached hydrogens (tertiary/aromatic N) is 2. The minimum atomic E-state index is -1.57. The maximum Gasteiger partial charge on any atom is 0.326 e. The molecule has 1 amide bonds. The summed E-state index contributed by atoms with van der Waals surface area (Å²) < 4.78 is 5.55. The van der Waals surface area contributed by atoms with E-state index in [-0.39, 0.29) is 33.4 Å². The first-order valence-corrected chi connectivity index (χ1v) is 11.4. The molecule has 2 aliphatic rings. The number of hydrogen-bond acceptors (Lipinski definition) is 6. The molecule has 1 aromatic heterocycles. The molecule has 3 heterocycles. The molecule has 10 heteroatoms. The van der Waals surface area contributed by atoms with Crippen LogP contribution in [0.2, 0.25) is 0 Å². The minimum absolute atomic E-state index is 0.0208. The molecule has 1 unspecified atom stereocenters. The fourth-order valence-corrected chi connectivity index (χ4v) is 5.10. The number of benzene rings is 1. The highest BCUT2D eigenvalue weighted by Crippen LogP contribution is 2.54. The maximum absolute atomic E-state index is 14.0. The Bertz CT molecular complexity index is 1240. The zero-order chi connectivity index (χ0) is 22.2. The Balaban J connectivity index is 1.92. The van der Waals surface area contributed by atoms with Gasteiger partial charge in [-0.15, -0.1) is 0 Å². The predicted molar refractivity (Wildman–Crippen MR) is 122 cm³/mol. The number of hydrogen-bond donors (Lipinski definition) is 3. The van der Waals surface area contributed by atoms with Gasteiger partial charge in [0.05, 0.1) is 5.56 Å². The van der Waals surface area contributed by atoms with Crippen molar-refractivity contribution in [1.82, 2.24) is 9.97 Å². The molecule has 31 heavy (non-hydrogen) atoms. The Hall–Kier alpha value is -2.90. The van der Waals surface area contributed by atoms with Crippen LogP contribution in [0.5, 0.6) is 5.88 Å². The van der Waals surface area contributed by atoms with Crippen molar-refractivity contribution in [2.45, 2.75) is 31.1 Å². The van der Waals surface area contributed by atoms with E-state index in [0.29, 0.717) is 17.8 Å². The zero-order valence-corrected chi connectivity index (χ0v) is 18.9. The van der Waals surface area contributed by atoms with E-state index in [4.69, 9.17) is 22.7 Å². The molecule has 0 saturated heterocycles. The number of alkyl halides is 1. The van der Waals surface area contributed by atoms with Crippen LogP contribution < -0.4 is 21.1 Å². The lowest BCUT2D eigenvalue weighted by atomic mass is 9.70. The first-order chi connectivity index (χ1) is 15.0. The van der Waals surface area contributed by atoms with Gasteiger partial charge in [-0.1, -0.05) is 59.2 Å². The molecule has 4 rings (SSSR count). The molecule has 4 N–H and O–H groups in total. The molecule has 1 atom stereocenters. The van der Waals surface area contributed by atoms with E-state index in [1.165, 1.54) is 0 Å². The first kappa shape index (κ1) is 21.3. The second kappa shape index (κ2) is 8.32. The summed E-state index contributed by atoms with van der Waals surface area (Å²) >= 11 is 8.86. The van der Waals surface area contributed by atoms with Crippen LogP contribution >= 0.6 is 28.1 Å². The van der Waals surface area contributed by atoms with Crippen molar-refractivity contribution >= 4 is 39.7 Å². The molecule has 0 saturated carbocycles. The van der Waals surface area contributed by atoms with Gasteiger partial charge in [-0.2, -0.15) is 5.26 Å². The van der Waals surface area contributed by atoms with Crippen molar-refractivity contribution < 1.29 is 9.53 Å². The number of H-pyrrole nitrogens is 2. The number of nitrogens with two attached hydrogens (primary N) is 1. The smallest absolute Gasteiger partial charge is 0.326 e. The molecule has 8 nitrogen and oxygen atoms in total. The molecule has 2 aliphatic heterocycles. The van der Waals surface area contributed by atoms with Crippen molar-refractivity contribution in [2.24, 2.45) is 5.73 Å². The number of rotatable bonds is 6. The quantitative estimate of drug-likeness (QED) is 0.317. The number of nitrogens with one attached hydrogen (secondary N) is 2. The van der Waals surface area contributed by atoms with Crippen LogP contribution in [-0.2, 0) is 10.2 Å². The third kappa shape index (κ3) is 3.20. The number of carbonyl (C=O) groups excluding carboxylic acids is 1. The molecular weight excluding hydrogens is 482 g/mol. The lowest BCUT2D eigenvalue weighted by Crippen LogP contribution is -2.47. The number of para-hydroxylation sites is 1. The Labute approximate surface area is 191 Å². The summed E-state index contributed by atoms with van der Waals surface area (Å²) in [6.07, 6.45) is 3.91. The molecule has 0 aliphatic carbocycles. The van der Waals surface area contributed by atoms with Crippen LogP contribution in [0.25, 0.3) is 0 Å². The van der Waals surface area contributed by atoms with Gasteiger partial charge in [0, 0.05) is 23.1 Å². The van der Waals surface area contributed by atoms with Crippen molar-refractivity contribution in [3.63, 3.8) is 0 Å². The van der Waals surface area contributed by atoms with Crippen molar-refractivity contribution in [1.29, 1.82) is 5.26 Å². The molecule has 0 fully saturated rings. The van der Waals surface area contributed by atoms with Crippen LogP contribution in [0.15, 0.2) is 40.5 Å². The SMILES string of the molecule is N#CC1=C(N)Oc2[nH]c(=O)[nH]c(=S)c2C12C(=O)N(CCCCCCBr)c1ccccc12. The van der Waals surface area contributed by atoms with Gasteiger partial charge in [-0.3, -0.25) is 14.8 Å². The number of ether oxygens (including phenoxy) is 1. The Kier molecular flexibility index (Phi) is 5.73. The van der Waals surface area contributed by atoms with Crippen LogP contribution in [0, 0.1) is 16.0 Å². The summed E-state index contributed by atoms with van der Waals surface area (Å²) in [5.41, 5.74) is 5.39. The monoisotopic (exact) mass is 501 g/mol. The van der Waals surface area contributed by atoms with Gasteiger partial charge in [0.25, 0.3) is 0 Å². The standard InChI is InChI=1S/C21H20BrN5O3S/c22-9-5-1-2-6-10-27-14-8-4-3-7-12(14)21(19(27)28)13(11-23)16(24)30-17-15(21)18(31)26-20(29)25-17/h3-4,7-8H,1-2,5-6,9-10,24H2,(H2,25,26,29,31). The number of aromatic amines is 2. The molecule has 1 aromatic carbocycles. The second-order valence-corrected chi connectivity index (χ2v) is 8.59. The highest BCUT2D eigenvalue weighted by molar-refractivity contribution is 9.09. The summed E-state index contributed by atoms with van der Waals surface area (Å²) in [6.45, 7) is 0.495. The van der Waals surface area contributed by atoms with E-state index in [1.807, 2.05) is 12.1 Å². The third-order valence-electron chi connectivity index (χ3n) is 5.66. The van der Waals surface area contributed by atoms with E-state index in [0.717, 1.165) is 31.0 Å². The number of halogens is 1. The van der Waals surface area contributed by atoms with Gasteiger partial charge in [0.2, 0.25) is 17.7 Å². The molecule has 1 spiro atoms. The lowest BCUT2D eigenvalue weighted by Gasteiger charge is -2.33.